The van der Waals surface area contributed by atoms with Crippen molar-refractivity contribution in [2.45, 2.75) is 32.0 Å². The van der Waals surface area contributed by atoms with Crippen molar-refractivity contribution in [1.82, 2.24) is 30.5 Å². The third-order valence-corrected chi connectivity index (χ3v) is 3.86. The summed E-state index contributed by atoms with van der Waals surface area (Å²) >= 11 is 1.68. The highest BCUT2D eigenvalue weighted by molar-refractivity contribution is 7.99. The Morgan fingerprint density at radius 3 is 3.05 bits per heavy atom. The fourth-order valence-corrected chi connectivity index (χ4v) is 2.71. The van der Waals surface area contributed by atoms with E-state index in [0.717, 1.165) is 37.0 Å². The molecule has 0 saturated heterocycles. The van der Waals surface area contributed by atoms with Crippen molar-refractivity contribution in [1.29, 1.82) is 0 Å². The minimum atomic E-state index is 0.659. The Morgan fingerprint density at radius 1 is 1.38 bits per heavy atom. The summed E-state index contributed by atoms with van der Waals surface area (Å²) in [7, 11) is 0. The van der Waals surface area contributed by atoms with Gasteiger partial charge in [0.25, 0.3) is 0 Å². The SMILES string of the molecule is CC(C)CNCCn1nnnc1SCCc1cccnc1. The number of hydrogen-bond donors (Lipinski definition) is 1. The second kappa shape index (κ2) is 8.74. The number of pyridine rings is 1. The monoisotopic (exact) mass is 306 g/mol. The summed E-state index contributed by atoms with van der Waals surface area (Å²) in [5.41, 5.74) is 1.24. The Kier molecular flexibility index (Phi) is 6.62. The fourth-order valence-electron chi connectivity index (χ4n) is 1.82. The first kappa shape index (κ1) is 15.9. The van der Waals surface area contributed by atoms with Gasteiger partial charge < -0.3 is 5.32 Å². The van der Waals surface area contributed by atoms with Crippen molar-refractivity contribution in [2.24, 2.45) is 5.92 Å². The van der Waals surface area contributed by atoms with E-state index in [1.165, 1.54) is 5.56 Å². The Labute approximate surface area is 129 Å². The molecule has 6 nitrogen and oxygen atoms in total. The molecule has 0 saturated carbocycles. The van der Waals surface area contributed by atoms with Gasteiger partial charge in [-0.05, 0) is 40.9 Å². The second-order valence-electron chi connectivity index (χ2n) is 5.24. The standard InChI is InChI=1S/C14H22N6S/c1-12(2)10-16-7-8-20-14(17-18-19-20)21-9-5-13-4-3-6-15-11-13/h3-4,6,11-12,16H,5,7-10H2,1-2H3. The van der Waals surface area contributed by atoms with E-state index in [2.05, 4.69) is 45.7 Å². The molecule has 0 aliphatic rings. The summed E-state index contributed by atoms with van der Waals surface area (Å²) in [5.74, 6) is 1.61. The van der Waals surface area contributed by atoms with E-state index >= 15 is 0 Å². The molecule has 2 aromatic heterocycles. The van der Waals surface area contributed by atoms with Gasteiger partial charge in [0.05, 0.1) is 6.54 Å². The van der Waals surface area contributed by atoms with E-state index in [1.54, 1.807) is 18.0 Å². The lowest BCUT2D eigenvalue weighted by Crippen LogP contribution is -2.24. The van der Waals surface area contributed by atoms with Gasteiger partial charge in [0.1, 0.15) is 0 Å². The predicted octanol–water partition coefficient (Wildman–Crippen LogP) is 1.65. The van der Waals surface area contributed by atoms with Crippen LogP contribution in [0.2, 0.25) is 0 Å². The first-order valence-electron chi connectivity index (χ1n) is 7.24. The predicted molar refractivity (Wildman–Crippen MR) is 84.2 cm³/mol. The number of nitrogens with one attached hydrogen (secondary N) is 1. The van der Waals surface area contributed by atoms with Crippen LogP contribution in [0.3, 0.4) is 0 Å². The summed E-state index contributed by atoms with van der Waals surface area (Å²) in [6, 6.07) is 4.05. The summed E-state index contributed by atoms with van der Waals surface area (Å²) < 4.78 is 1.86. The summed E-state index contributed by atoms with van der Waals surface area (Å²) in [6.07, 6.45) is 4.66. The van der Waals surface area contributed by atoms with Crippen molar-refractivity contribution in [3.8, 4) is 0 Å². The minimum Gasteiger partial charge on any atom is -0.315 e. The Bertz CT molecular complexity index is 513. The molecular weight excluding hydrogens is 284 g/mol. The largest absolute Gasteiger partial charge is 0.315 e. The number of rotatable bonds is 9. The molecule has 0 aliphatic heterocycles. The zero-order chi connectivity index (χ0) is 14.9. The number of thioether (sulfide) groups is 1. The molecule has 0 bridgehead atoms. The number of tetrazole rings is 1. The summed E-state index contributed by atoms with van der Waals surface area (Å²) in [4.78, 5) is 4.12. The number of aryl methyl sites for hydroxylation is 1. The third kappa shape index (κ3) is 5.81. The zero-order valence-corrected chi connectivity index (χ0v) is 13.4. The van der Waals surface area contributed by atoms with Crippen LogP contribution in [0.1, 0.15) is 19.4 Å². The van der Waals surface area contributed by atoms with Crippen LogP contribution in [-0.4, -0.2) is 44.0 Å². The molecule has 7 heteroatoms. The maximum absolute atomic E-state index is 4.12. The maximum atomic E-state index is 4.12. The van der Waals surface area contributed by atoms with E-state index in [4.69, 9.17) is 0 Å². The van der Waals surface area contributed by atoms with Crippen LogP contribution in [0, 0.1) is 5.92 Å². The van der Waals surface area contributed by atoms with Gasteiger partial charge in [-0.15, -0.1) is 5.10 Å². The average Bonchev–Trinajstić information content (AvgIpc) is 2.92. The average molecular weight is 306 g/mol. The Balaban J connectivity index is 1.72. The second-order valence-corrected chi connectivity index (χ2v) is 6.30. The van der Waals surface area contributed by atoms with Gasteiger partial charge in [-0.2, -0.15) is 0 Å². The number of hydrogen-bond acceptors (Lipinski definition) is 6. The normalized spacial score (nSPS) is 11.2. The van der Waals surface area contributed by atoms with Crippen LogP contribution >= 0.6 is 11.8 Å². The highest BCUT2D eigenvalue weighted by Crippen LogP contribution is 2.15. The van der Waals surface area contributed by atoms with Crippen molar-refractivity contribution in [2.75, 3.05) is 18.8 Å². The van der Waals surface area contributed by atoms with Gasteiger partial charge in [0.15, 0.2) is 0 Å². The lowest BCUT2D eigenvalue weighted by Gasteiger charge is -2.08. The maximum Gasteiger partial charge on any atom is 0.209 e. The number of aromatic nitrogens is 5. The molecule has 0 amide bonds. The third-order valence-electron chi connectivity index (χ3n) is 2.90. The molecule has 0 aromatic carbocycles. The van der Waals surface area contributed by atoms with Crippen molar-refractivity contribution < 1.29 is 0 Å². The van der Waals surface area contributed by atoms with Crippen LogP contribution in [0.15, 0.2) is 29.7 Å². The summed E-state index contributed by atoms with van der Waals surface area (Å²) in [6.45, 7) is 7.10. The lowest BCUT2D eigenvalue weighted by atomic mass is 10.2. The van der Waals surface area contributed by atoms with Crippen LogP contribution in [-0.2, 0) is 13.0 Å². The van der Waals surface area contributed by atoms with Gasteiger partial charge in [-0.25, -0.2) is 4.68 Å². The molecule has 0 radical (unpaired) electrons. The summed E-state index contributed by atoms with van der Waals surface area (Å²) in [5, 5.41) is 16.2. The van der Waals surface area contributed by atoms with Gasteiger partial charge in [-0.1, -0.05) is 31.7 Å². The molecule has 21 heavy (non-hydrogen) atoms. The molecular formula is C14H22N6S. The Hall–Kier alpha value is -1.47. The fraction of sp³-hybridized carbons (Fsp3) is 0.571. The van der Waals surface area contributed by atoms with Crippen molar-refractivity contribution in [3.63, 3.8) is 0 Å². The molecule has 2 aromatic rings. The highest BCUT2D eigenvalue weighted by Gasteiger charge is 2.06. The molecule has 0 atom stereocenters. The topological polar surface area (TPSA) is 68.5 Å². The molecule has 114 valence electrons. The van der Waals surface area contributed by atoms with Crippen LogP contribution < -0.4 is 5.32 Å². The zero-order valence-electron chi connectivity index (χ0n) is 12.6. The molecule has 2 rings (SSSR count). The minimum absolute atomic E-state index is 0.659. The van der Waals surface area contributed by atoms with Crippen molar-refractivity contribution >= 4 is 11.8 Å². The van der Waals surface area contributed by atoms with E-state index in [9.17, 15) is 0 Å². The molecule has 0 aliphatic carbocycles. The molecule has 0 unspecified atom stereocenters. The van der Waals surface area contributed by atoms with E-state index in [-0.39, 0.29) is 0 Å². The molecule has 2 heterocycles. The van der Waals surface area contributed by atoms with Gasteiger partial charge in [-0.3, -0.25) is 4.98 Å². The number of nitrogens with zero attached hydrogens (tertiary/aromatic N) is 5. The van der Waals surface area contributed by atoms with Crippen LogP contribution in [0.5, 0.6) is 0 Å². The van der Waals surface area contributed by atoms with E-state index in [1.807, 2.05) is 16.9 Å². The smallest absolute Gasteiger partial charge is 0.209 e. The quantitative estimate of drug-likeness (QED) is 0.561. The lowest BCUT2D eigenvalue weighted by molar-refractivity contribution is 0.482. The highest BCUT2D eigenvalue weighted by atomic mass is 32.2. The van der Waals surface area contributed by atoms with E-state index in [0.29, 0.717) is 5.92 Å². The molecule has 0 fully saturated rings. The van der Waals surface area contributed by atoms with Crippen LogP contribution in [0.4, 0.5) is 0 Å². The van der Waals surface area contributed by atoms with Crippen molar-refractivity contribution in [3.05, 3.63) is 30.1 Å². The van der Waals surface area contributed by atoms with Gasteiger partial charge in [0, 0.05) is 24.7 Å². The van der Waals surface area contributed by atoms with Crippen LogP contribution in [0.25, 0.3) is 0 Å². The molecule has 0 spiro atoms. The molecule has 1 N–H and O–H groups in total. The van der Waals surface area contributed by atoms with E-state index < -0.39 is 0 Å². The first-order valence-corrected chi connectivity index (χ1v) is 8.23. The Morgan fingerprint density at radius 2 is 2.29 bits per heavy atom. The van der Waals surface area contributed by atoms with Gasteiger partial charge in [0.2, 0.25) is 5.16 Å². The van der Waals surface area contributed by atoms with Gasteiger partial charge >= 0.3 is 0 Å². The first-order chi connectivity index (χ1) is 10.3.